The average molecular weight is 429 g/mol. The molecule has 1 amide bonds. The molecule has 5 rings (SSSR count). The van der Waals surface area contributed by atoms with Crippen molar-refractivity contribution < 1.29 is 4.79 Å². The third-order valence-corrected chi connectivity index (χ3v) is 6.02. The fourth-order valence-corrected chi connectivity index (χ4v) is 4.33. The van der Waals surface area contributed by atoms with Crippen LogP contribution in [-0.4, -0.2) is 21.9 Å². The number of aryl methyl sites for hydroxylation is 1. The van der Waals surface area contributed by atoms with Gasteiger partial charge in [-0.1, -0.05) is 48.0 Å². The van der Waals surface area contributed by atoms with Crippen LogP contribution in [0.1, 0.15) is 28.0 Å². The topological polar surface area (TPSA) is 66.9 Å². The number of aromatic nitrogens is 2. The zero-order valence-corrected chi connectivity index (χ0v) is 17.6. The highest BCUT2D eigenvalue weighted by molar-refractivity contribution is 6.35. The maximum absolute atomic E-state index is 12.7. The van der Waals surface area contributed by atoms with E-state index in [-0.39, 0.29) is 11.9 Å². The van der Waals surface area contributed by atoms with Crippen LogP contribution < -0.4 is 10.6 Å². The zero-order chi connectivity index (χ0) is 21.2. The molecular formula is C25H21ClN4O. The van der Waals surface area contributed by atoms with Gasteiger partial charge in [0.25, 0.3) is 5.91 Å². The SMILES string of the molecule is O=C(NC1CCc2ccccc2C1)c1ccc(Nc2nccc3c(Cl)cccc23)cn1. The maximum Gasteiger partial charge on any atom is 0.270 e. The number of pyridine rings is 2. The molecule has 154 valence electrons. The number of halogens is 1. The lowest BCUT2D eigenvalue weighted by Crippen LogP contribution is -2.39. The van der Waals surface area contributed by atoms with Gasteiger partial charge in [0.1, 0.15) is 11.5 Å². The number of carbonyl (C=O) groups is 1. The van der Waals surface area contributed by atoms with Gasteiger partial charge in [-0.25, -0.2) is 9.97 Å². The molecule has 2 heterocycles. The van der Waals surface area contributed by atoms with E-state index in [0.717, 1.165) is 35.7 Å². The van der Waals surface area contributed by atoms with Gasteiger partial charge >= 0.3 is 0 Å². The lowest BCUT2D eigenvalue weighted by atomic mass is 9.88. The molecule has 0 aliphatic heterocycles. The highest BCUT2D eigenvalue weighted by Gasteiger charge is 2.20. The van der Waals surface area contributed by atoms with Crippen molar-refractivity contribution in [2.45, 2.75) is 25.3 Å². The Kier molecular flexibility index (Phi) is 5.26. The number of fused-ring (bicyclic) bond motifs is 2. The third kappa shape index (κ3) is 4.09. The Hall–Kier alpha value is -3.44. The predicted octanol–water partition coefficient (Wildman–Crippen LogP) is 5.31. The first-order chi connectivity index (χ1) is 15.2. The zero-order valence-electron chi connectivity index (χ0n) is 16.8. The number of nitrogens with one attached hydrogen (secondary N) is 2. The molecule has 0 fully saturated rings. The van der Waals surface area contributed by atoms with Gasteiger partial charge in [-0.2, -0.15) is 0 Å². The van der Waals surface area contributed by atoms with E-state index in [1.165, 1.54) is 11.1 Å². The number of amides is 1. The van der Waals surface area contributed by atoms with Crippen molar-refractivity contribution in [1.82, 2.24) is 15.3 Å². The molecule has 1 atom stereocenters. The van der Waals surface area contributed by atoms with E-state index in [1.807, 2.05) is 30.3 Å². The second-order valence-corrected chi connectivity index (χ2v) is 8.14. The number of rotatable bonds is 4. The summed E-state index contributed by atoms with van der Waals surface area (Å²) in [4.78, 5) is 21.5. The maximum atomic E-state index is 12.7. The Balaban J connectivity index is 1.27. The van der Waals surface area contributed by atoms with Crippen LogP contribution in [0.2, 0.25) is 5.02 Å². The van der Waals surface area contributed by atoms with Crippen LogP contribution in [0, 0.1) is 0 Å². The third-order valence-electron chi connectivity index (χ3n) is 5.69. The van der Waals surface area contributed by atoms with E-state index in [1.54, 1.807) is 18.5 Å². The molecule has 0 saturated heterocycles. The summed E-state index contributed by atoms with van der Waals surface area (Å²) in [7, 11) is 0. The molecule has 4 aromatic rings. The van der Waals surface area contributed by atoms with Gasteiger partial charge in [0.05, 0.1) is 11.9 Å². The van der Waals surface area contributed by atoms with Crippen LogP contribution in [-0.2, 0) is 12.8 Å². The van der Waals surface area contributed by atoms with Crippen molar-refractivity contribution in [3.63, 3.8) is 0 Å². The van der Waals surface area contributed by atoms with Crippen molar-refractivity contribution in [2.24, 2.45) is 0 Å². The number of anilines is 2. The monoisotopic (exact) mass is 428 g/mol. The van der Waals surface area contributed by atoms with Gasteiger partial charge in [-0.15, -0.1) is 0 Å². The highest BCUT2D eigenvalue weighted by Crippen LogP contribution is 2.29. The fourth-order valence-electron chi connectivity index (χ4n) is 4.09. The highest BCUT2D eigenvalue weighted by atomic mass is 35.5. The van der Waals surface area contributed by atoms with Crippen molar-refractivity contribution in [2.75, 3.05) is 5.32 Å². The molecule has 0 saturated carbocycles. The van der Waals surface area contributed by atoms with Crippen LogP contribution in [0.5, 0.6) is 0 Å². The summed E-state index contributed by atoms with van der Waals surface area (Å²) < 4.78 is 0. The number of hydrogen-bond acceptors (Lipinski definition) is 4. The molecule has 5 nitrogen and oxygen atoms in total. The molecular weight excluding hydrogens is 408 g/mol. The van der Waals surface area contributed by atoms with Gasteiger partial charge in [0.2, 0.25) is 0 Å². The minimum absolute atomic E-state index is 0.131. The van der Waals surface area contributed by atoms with Gasteiger partial charge in [-0.3, -0.25) is 4.79 Å². The molecule has 2 aromatic heterocycles. The Labute approximate surface area is 185 Å². The largest absolute Gasteiger partial charge is 0.348 e. The summed E-state index contributed by atoms with van der Waals surface area (Å²) in [5.41, 5.74) is 3.85. The van der Waals surface area contributed by atoms with Crippen LogP contribution in [0.3, 0.4) is 0 Å². The Bertz CT molecular complexity index is 1260. The van der Waals surface area contributed by atoms with Crippen LogP contribution in [0.15, 0.2) is 73.1 Å². The molecule has 31 heavy (non-hydrogen) atoms. The van der Waals surface area contributed by atoms with Gasteiger partial charge < -0.3 is 10.6 Å². The van der Waals surface area contributed by atoms with Gasteiger partial charge in [0, 0.05) is 28.0 Å². The van der Waals surface area contributed by atoms with E-state index < -0.39 is 0 Å². The van der Waals surface area contributed by atoms with E-state index in [0.29, 0.717) is 16.5 Å². The average Bonchev–Trinajstić information content (AvgIpc) is 2.80. The van der Waals surface area contributed by atoms with Crippen LogP contribution in [0.4, 0.5) is 11.5 Å². The molecule has 0 bridgehead atoms. The smallest absolute Gasteiger partial charge is 0.270 e. The first-order valence-electron chi connectivity index (χ1n) is 10.3. The normalized spacial score (nSPS) is 15.3. The van der Waals surface area contributed by atoms with Gasteiger partial charge in [-0.05, 0) is 54.7 Å². The minimum Gasteiger partial charge on any atom is -0.348 e. The molecule has 2 aromatic carbocycles. The van der Waals surface area contributed by atoms with E-state index in [9.17, 15) is 4.79 Å². The Morgan fingerprint density at radius 3 is 2.65 bits per heavy atom. The minimum atomic E-state index is -0.147. The molecule has 1 unspecified atom stereocenters. The summed E-state index contributed by atoms with van der Waals surface area (Å²) in [5.74, 6) is 0.547. The van der Waals surface area contributed by atoms with Crippen molar-refractivity contribution in [3.05, 3.63) is 94.9 Å². The molecule has 6 heteroatoms. The summed E-state index contributed by atoms with van der Waals surface area (Å²) in [6.07, 6.45) is 6.15. The fraction of sp³-hybridized carbons (Fsp3) is 0.160. The van der Waals surface area contributed by atoms with Crippen molar-refractivity contribution in [3.8, 4) is 0 Å². The van der Waals surface area contributed by atoms with Crippen molar-refractivity contribution in [1.29, 1.82) is 0 Å². The summed E-state index contributed by atoms with van der Waals surface area (Å²) in [6, 6.07) is 19.7. The van der Waals surface area contributed by atoms with Crippen molar-refractivity contribution >= 4 is 39.8 Å². The molecule has 0 radical (unpaired) electrons. The number of nitrogens with zero attached hydrogens (tertiary/aromatic N) is 2. The second kappa shape index (κ2) is 8.36. The molecule has 1 aliphatic carbocycles. The van der Waals surface area contributed by atoms with E-state index >= 15 is 0 Å². The molecule has 0 spiro atoms. The standard InChI is InChI=1S/C25H21ClN4O/c26-22-7-3-6-21-20(22)12-13-27-24(21)29-19-10-11-23(28-15-19)25(31)30-18-9-8-16-4-1-2-5-17(16)14-18/h1-7,10-13,15,18H,8-9,14H2,(H,27,29)(H,30,31). The first-order valence-corrected chi connectivity index (χ1v) is 10.7. The van der Waals surface area contributed by atoms with E-state index in [4.69, 9.17) is 11.6 Å². The Morgan fingerprint density at radius 1 is 0.935 bits per heavy atom. The molecule has 2 N–H and O–H groups in total. The van der Waals surface area contributed by atoms with Crippen LogP contribution in [0.25, 0.3) is 10.8 Å². The number of benzene rings is 2. The predicted molar refractivity (Wildman–Crippen MR) is 124 cm³/mol. The lowest BCUT2D eigenvalue weighted by molar-refractivity contribution is 0.0928. The summed E-state index contributed by atoms with van der Waals surface area (Å²) in [5, 5.41) is 8.93. The van der Waals surface area contributed by atoms with E-state index in [2.05, 4.69) is 44.9 Å². The first kappa shape index (κ1) is 19.5. The number of carbonyl (C=O) groups excluding carboxylic acids is 1. The quantitative estimate of drug-likeness (QED) is 0.462. The summed E-state index contributed by atoms with van der Waals surface area (Å²) in [6.45, 7) is 0. The second-order valence-electron chi connectivity index (χ2n) is 7.73. The van der Waals surface area contributed by atoms with Gasteiger partial charge in [0.15, 0.2) is 0 Å². The lowest BCUT2D eigenvalue weighted by Gasteiger charge is -2.25. The molecule has 1 aliphatic rings. The number of hydrogen-bond donors (Lipinski definition) is 2. The summed E-state index contributed by atoms with van der Waals surface area (Å²) >= 11 is 6.28. The Morgan fingerprint density at radius 2 is 1.81 bits per heavy atom. The van der Waals surface area contributed by atoms with Crippen LogP contribution >= 0.6 is 11.6 Å².